The van der Waals surface area contributed by atoms with Gasteiger partial charge in [-0.05, 0) is 54.1 Å². The van der Waals surface area contributed by atoms with Gasteiger partial charge in [0.15, 0.2) is 0 Å². The highest BCUT2D eigenvalue weighted by Crippen LogP contribution is 2.24. The monoisotopic (exact) mass is 549 g/mol. The summed E-state index contributed by atoms with van der Waals surface area (Å²) in [7, 11) is -4.00. The average molecular weight is 550 g/mol. The van der Waals surface area contributed by atoms with E-state index < -0.39 is 39.6 Å². The van der Waals surface area contributed by atoms with Crippen molar-refractivity contribution in [3.8, 4) is 0 Å². The number of nitro groups is 1. The van der Waals surface area contributed by atoms with E-state index in [1.807, 2.05) is 0 Å². The van der Waals surface area contributed by atoms with Crippen LogP contribution < -0.4 is 10.0 Å². The van der Waals surface area contributed by atoms with Crippen molar-refractivity contribution in [3.05, 3.63) is 98.5 Å². The minimum atomic E-state index is -4.00. The molecule has 10 nitrogen and oxygen atoms in total. The minimum Gasteiger partial charge on any atom is -0.394 e. The summed E-state index contributed by atoms with van der Waals surface area (Å²) < 4.78 is 28.6. The first kappa shape index (κ1) is 25.3. The maximum absolute atomic E-state index is 12.9. The predicted molar refractivity (Wildman–Crippen MR) is 128 cm³/mol. The summed E-state index contributed by atoms with van der Waals surface area (Å²) in [6, 6.07) is 15.7. The Kier molecular flexibility index (Phi) is 7.99. The third-order valence-corrected chi connectivity index (χ3v) is 6.79. The van der Waals surface area contributed by atoms with Crippen LogP contribution in [-0.2, 0) is 10.0 Å². The molecule has 0 unspecified atom stereocenters. The zero-order valence-electron chi connectivity index (χ0n) is 17.5. The number of sulfonamides is 1. The first-order chi connectivity index (χ1) is 16.1. The molecule has 0 aromatic heterocycles. The van der Waals surface area contributed by atoms with E-state index in [1.165, 1.54) is 54.6 Å². The molecule has 2 atom stereocenters. The van der Waals surface area contributed by atoms with Gasteiger partial charge in [0.2, 0.25) is 0 Å². The first-order valence-corrected chi connectivity index (χ1v) is 12.1. The van der Waals surface area contributed by atoms with E-state index >= 15 is 0 Å². The van der Waals surface area contributed by atoms with Crippen LogP contribution in [0, 0.1) is 10.1 Å². The fourth-order valence-electron chi connectivity index (χ4n) is 3.08. The second kappa shape index (κ2) is 10.7. The highest BCUT2D eigenvalue weighted by atomic mass is 79.9. The number of non-ortho nitro benzene ring substituents is 1. The number of benzene rings is 3. The van der Waals surface area contributed by atoms with Gasteiger partial charge in [0.05, 0.1) is 33.7 Å². The van der Waals surface area contributed by atoms with Crippen LogP contribution in [0.5, 0.6) is 0 Å². The van der Waals surface area contributed by atoms with Crippen LogP contribution in [0.4, 0.5) is 11.4 Å². The number of nitro benzene ring substituents is 1. The van der Waals surface area contributed by atoms with E-state index in [0.29, 0.717) is 4.47 Å². The Hall–Kier alpha value is -3.32. The number of aliphatic hydroxyl groups excluding tert-OH is 2. The molecule has 34 heavy (non-hydrogen) atoms. The largest absolute Gasteiger partial charge is 0.394 e. The van der Waals surface area contributed by atoms with Crippen molar-refractivity contribution in [2.45, 2.75) is 17.0 Å². The van der Waals surface area contributed by atoms with Crippen LogP contribution in [0.25, 0.3) is 0 Å². The van der Waals surface area contributed by atoms with Crippen LogP contribution in [0.3, 0.4) is 0 Å². The van der Waals surface area contributed by atoms with E-state index in [2.05, 4.69) is 26.0 Å². The summed E-state index contributed by atoms with van der Waals surface area (Å²) in [6.07, 6.45) is -1.37. The van der Waals surface area contributed by atoms with Gasteiger partial charge < -0.3 is 15.5 Å². The second-order valence-corrected chi connectivity index (χ2v) is 9.76. The second-order valence-electron chi connectivity index (χ2n) is 7.16. The van der Waals surface area contributed by atoms with E-state index in [4.69, 9.17) is 0 Å². The number of carbonyl (C=O) groups excluding carboxylic acids is 1. The van der Waals surface area contributed by atoms with Gasteiger partial charge in [-0.3, -0.25) is 19.6 Å². The molecule has 1 amide bonds. The third kappa shape index (κ3) is 5.97. The number of rotatable bonds is 9. The Morgan fingerprint density at radius 3 is 2.24 bits per heavy atom. The van der Waals surface area contributed by atoms with Crippen LogP contribution in [0.15, 0.2) is 82.2 Å². The summed E-state index contributed by atoms with van der Waals surface area (Å²) in [5.41, 5.74) is 0.0451. The SMILES string of the molecule is O=C(N[C@@H](CO)[C@@H](O)c1ccc([N+](=O)[O-])cc1)c1ccccc1NS(=O)(=O)c1ccc(Br)cc1. The fraction of sp³-hybridized carbons (Fsp3) is 0.136. The quantitative estimate of drug-likeness (QED) is 0.236. The van der Waals surface area contributed by atoms with Gasteiger partial charge in [0.1, 0.15) is 6.10 Å². The standard InChI is InChI=1S/C22H20BrN3O7S/c23-15-7-11-17(12-8-15)34(32,33)25-19-4-2-1-3-18(19)22(29)24-20(13-27)21(28)14-5-9-16(10-6-14)26(30)31/h1-12,20-21,25,27-28H,13H2,(H,24,29)/t20-,21-/m0/s1. The highest BCUT2D eigenvalue weighted by Gasteiger charge is 2.25. The van der Waals surface area contributed by atoms with Gasteiger partial charge in [-0.15, -0.1) is 0 Å². The van der Waals surface area contributed by atoms with E-state index in [9.17, 15) is 33.5 Å². The van der Waals surface area contributed by atoms with Crippen molar-refractivity contribution in [2.75, 3.05) is 11.3 Å². The van der Waals surface area contributed by atoms with Crippen molar-refractivity contribution in [1.82, 2.24) is 5.32 Å². The number of para-hydroxylation sites is 1. The molecule has 3 aromatic rings. The molecule has 0 saturated heterocycles. The first-order valence-electron chi connectivity index (χ1n) is 9.84. The summed E-state index contributed by atoms with van der Waals surface area (Å²) in [5.74, 6) is -0.742. The Morgan fingerprint density at radius 1 is 1.03 bits per heavy atom. The number of hydrogen-bond donors (Lipinski definition) is 4. The predicted octanol–water partition coefficient (Wildman–Crippen LogP) is 2.98. The lowest BCUT2D eigenvalue weighted by atomic mass is 10.0. The van der Waals surface area contributed by atoms with Crippen LogP contribution in [-0.4, -0.2) is 42.1 Å². The molecule has 0 spiro atoms. The average Bonchev–Trinajstić information content (AvgIpc) is 2.82. The maximum atomic E-state index is 12.9. The number of halogens is 1. The molecule has 12 heteroatoms. The Labute approximate surface area is 203 Å². The van der Waals surface area contributed by atoms with Gasteiger partial charge >= 0.3 is 0 Å². The maximum Gasteiger partial charge on any atom is 0.269 e. The van der Waals surface area contributed by atoms with Gasteiger partial charge in [-0.2, -0.15) is 0 Å². The summed E-state index contributed by atoms with van der Waals surface area (Å²) >= 11 is 3.24. The lowest BCUT2D eigenvalue weighted by Crippen LogP contribution is -2.42. The number of nitrogens with zero attached hydrogens (tertiary/aromatic N) is 1. The summed E-state index contributed by atoms with van der Waals surface area (Å²) in [4.78, 5) is 23.1. The Bertz CT molecular complexity index is 1280. The van der Waals surface area contributed by atoms with Crippen molar-refractivity contribution in [1.29, 1.82) is 0 Å². The third-order valence-electron chi connectivity index (χ3n) is 4.88. The smallest absolute Gasteiger partial charge is 0.269 e. The zero-order valence-corrected chi connectivity index (χ0v) is 19.9. The van der Waals surface area contributed by atoms with Crippen molar-refractivity contribution in [2.24, 2.45) is 0 Å². The molecule has 0 radical (unpaired) electrons. The molecular weight excluding hydrogens is 530 g/mol. The lowest BCUT2D eigenvalue weighted by molar-refractivity contribution is -0.384. The van der Waals surface area contributed by atoms with Crippen molar-refractivity contribution in [3.63, 3.8) is 0 Å². The molecule has 0 aliphatic rings. The molecule has 178 valence electrons. The number of carbonyl (C=O) groups is 1. The molecule has 4 N–H and O–H groups in total. The number of hydrogen-bond acceptors (Lipinski definition) is 7. The highest BCUT2D eigenvalue weighted by molar-refractivity contribution is 9.10. The molecule has 0 fully saturated rings. The molecule has 0 bridgehead atoms. The molecular formula is C22H20BrN3O7S. The molecule has 3 aromatic carbocycles. The van der Waals surface area contributed by atoms with E-state index in [0.717, 1.165) is 0 Å². The number of nitrogens with one attached hydrogen (secondary N) is 2. The molecule has 0 aliphatic heterocycles. The lowest BCUT2D eigenvalue weighted by Gasteiger charge is -2.23. The van der Waals surface area contributed by atoms with Crippen molar-refractivity contribution >= 4 is 43.2 Å². The van der Waals surface area contributed by atoms with Crippen LogP contribution in [0.1, 0.15) is 22.0 Å². The molecule has 0 aliphatic carbocycles. The zero-order chi connectivity index (χ0) is 24.9. The van der Waals surface area contributed by atoms with E-state index in [1.54, 1.807) is 18.2 Å². The Balaban J connectivity index is 1.80. The fourth-order valence-corrected chi connectivity index (χ4v) is 4.43. The van der Waals surface area contributed by atoms with Crippen LogP contribution in [0.2, 0.25) is 0 Å². The summed E-state index contributed by atoms with van der Waals surface area (Å²) in [6.45, 7) is -0.642. The Morgan fingerprint density at radius 2 is 1.65 bits per heavy atom. The molecule has 3 rings (SSSR count). The summed E-state index contributed by atoms with van der Waals surface area (Å²) in [5, 5.41) is 33.6. The van der Waals surface area contributed by atoms with Crippen LogP contribution >= 0.6 is 15.9 Å². The molecule has 0 heterocycles. The van der Waals surface area contributed by atoms with Gasteiger partial charge in [0.25, 0.3) is 21.6 Å². The molecule has 0 saturated carbocycles. The number of anilines is 1. The van der Waals surface area contributed by atoms with Crippen molar-refractivity contribution < 1.29 is 28.3 Å². The number of amides is 1. The van der Waals surface area contributed by atoms with Gasteiger partial charge in [0, 0.05) is 16.6 Å². The normalized spacial score (nSPS) is 13.0. The van der Waals surface area contributed by atoms with E-state index in [-0.39, 0.29) is 27.4 Å². The topological polar surface area (TPSA) is 159 Å². The van der Waals surface area contributed by atoms with Gasteiger partial charge in [-0.25, -0.2) is 8.42 Å². The number of aliphatic hydroxyl groups is 2. The van der Waals surface area contributed by atoms with Gasteiger partial charge in [-0.1, -0.05) is 28.1 Å². The minimum absolute atomic E-state index is 0.00411.